The zero-order valence-electron chi connectivity index (χ0n) is 15.3. The number of para-hydroxylation sites is 1. The summed E-state index contributed by atoms with van der Waals surface area (Å²) in [7, 11) is 1.44. The first-order valence-electron chi connectivity index (χ1n) is 8.83. The van der Waals surface area contributed by atoms with E-state index < -0.39 is 5.91 Å². The van der Waals surface area contributed by atoms with Crippen molar-refractivity contribution in [2.24, 2.45) is 0 Å². The third-order valence-electron chi connectivity index (χ3n) is 4.40. The van der Waals surface area contributed by atoms with Crippen molar-refractivity contribution >= 4 is 40.7 Å². The lowest BCUT2D eigenvalue weighted by Crippen LogP contribution is -2.32. The number of halogens is 2. The predicted molar refractivity (Wildman–Crippen MR) is 109 cm³/mol. The van der Waals surface area contributed by atoms with Gasteiger partial charge in [-0.15, -0.1) is 0 Å². The summed E-state index contributed by atoms with van der Waals surface area (Å²) >= 11 is 12.2. The largest absolute Gasteiger partial charge is 0.494 e. The molecule has 0 saturated carbocycles. The molecule has 2 amide bonds. The van der Waals surface area contributed by atoms with E-state index in [9.17, 15) is 9.59 Å². The third-order valence-corrected chi connectivity index (χ3v) is 4.96. The summed E-state index contributed by atoms with van der Waals surface area (Å²) in [4.78, 5) is 25.2. The first-order valence-corrected chi connectivity index (χ1v) is 9.58. The molecule has 0 radical (unpaired) electrons. The van der Waals surface area contributed by atoms with Gasteiger partial charge >= 0.3 is 0 Å². The number of hydrogen-bond donors (Lipinski definition) is 2. The normalized spacial score (nSPS) is 15.9. The molecule has 1 fully saturated rings. The van der Waals surface area contributed by atoms with Gasteiger partial charge < -0.3 is 20.1 Å². The van der Waals surface area contributed by atoms with E-state index in [1.165, 1.54) is 19.2 Å². The Morgan fingerprint density at radius 3 is 2.54 bits per heavy atom. The van der Waals surface area contributed by atoms with Gasteiger partial charge in [-0.3, -0.25) is 9.59 Å². The number of rotatable bonds is 6. The molecule has 3 rings (SSSR count). The lowest BCUT2D eigenvalue weighted by molar-refractivity contribution is 0.0858. The minimum absolute atomic E-state index is 0.0364. The van der Waals surface area contributed by atoms with Crippen molar-refractivity contribution in [3.8, 4) is 5.75 Å². The van der Waals surface area contributed by atoms with Crippen molar-refractivity contribution in [3.05, 3.63) is 57.6 Å². The Bertz CT molecular complexity index is 859. The summed E-state index contributed by atoms with van der Waals surface area (Å²) in [5.41, 5.74) is 1.00. The number of carbonyl (C=O) groups excluding carboxylic acids is 2. The van der Waals surface area contributed by atoms with Crippen molar-refractivity contribution in [2.75, 3.05) is 25.6 Å². The summed E-state index contributed by atoms with van der Waals surface area (Å²) in [6, 6.07) is 9.70. The molecule has 2 aromatic rings. The topological polar surface area (TPSA) is 76.7 Å². The van der Waals surface area contributed by atoms with Crippen LogP contribution >= 0.6 is 23.2 Å². The van der Waals surface area contributed by atoms with E-state index in [0.717, 1.165) is 19.4 Å². The lowest BCUT2D eigenvalue weighted by atomic mass is 10.1. The van der Waals surface area contributed by atoms with Crippen LogP contribution in [-0.2, 0) is 4.74 Å². The van der Waals surface area contributed by atoms with Crippen LogP contribution in [0.4, 0.5) is 5.69 Å². The van der Waals surface area contributed by atoms with Gasteiger partial charge in [0.2, 0.25) is 0 Å². The first-order chi connectivity index (χ1) is 13.5. The van der Waals surface area contributed by atoms with E-state index in [1.54, 1.807) is 24.3 Å². The molecule has 2 N–H and O–H groups in total. The highest BCUT2D eigenvalue weighted by atomic mass is 35.5. The van der Waals surface area contributed by atoms with Crippen molar-refractivity contribution in [2.45, 2.75) is 18.9 Å². The Morgan fingerprint density at radius 2 is 1.89 bits per heavy atom. The van der Waals surface area contributed by atoms with E-state index in [2.05, 4.69) is 10.6 Å². The molecule has 8 heteroatoms. The standard InChI is InChI=1S/C20H20Cl2N2O4/c1-27-18-15(21)9-12(10-16(18)22)19(25)24-17-7-3-2-6-14(17)20(26)23-11-13-5-4-8-28-13/h2-3,6-7,9-10,13H,4-5,8,11H2,1H3,(H,23,26)(H,24,25)/t13-/m0/s1. The van der Waals surface area contributed by atoms with Crippen LogP contribution in [-0.4, -0.2) is 38.2 Å². The fraction of sp³-hybridized carbons (Fsp3) is 0.300. The van der Waals surface area contributed by atoms with Crippen LogP contribution in [0.5, 0.6) is 5.75 Å². The molecule has 148 valence electrons. The molecule has 1 aliphatic rings. The van der Waals surface area contributed by atoms with Crippen LogP contribution in [0.1, 0.15) is 33.6 Å². The molecule has 0 unspecified atom stereocenters. The first kappa shape index (κ1) is 20.5. The number of hydrogen-bond acceptors (Lipinski definition) is 4. The van der Waals surface area contributed by atoms with Crippen LogP contribution in [0.15, 0.2) is 36.4 Å². The summed E-state index contributed by atoms with van der Waals surface area (Å²) in [5, 5.41) is 6.04. The van der Waals surface area contributed by atoms with E-state index in [-0.39, 0.29) is 27.6 Å². The van der Waals surface area contributed by atoms with Gasteiger partial charge in [0.25, 0.3) is 11.8 Å². The van der Waals surface area contributed by atoms with Gasteiger partial charge in [0.15, 0.2) is 5.75 Å². The van der Waals surface area contributed by atoms with E-state index in [0.29, 0.717) is 23.5 Å². The van der Waals surface area contributed by atoms with Crippen LogP contribution in [0.25, 0.3) is 0 Å². The monoisotopic (exact) mass is 422 g/mol. The highest BCUT2D eigenvalue weighted by molar-refractivity contribution is 6.37. The quantitative estimate of drug-likeness (QED) is 0.732. The highest BCUT2D eigenvalue weighted by Gasteiger charge is 2.19. The fourth-order valence-corrected chi connectivity index (χ4v) is 3.62. The Balaban J connectivity index is 1.73. The second-order valence-corrected chi connectivity index (χ2v) is 7.13. The van der Waals surface area contributed by atoms with E-state index in [4.69, 9.17) is 32.7 Å². The number of anilines is 1. The minimum Gasteiger partial charge on any atom is -0.494 e. The molecule has 2 aromatic carbocycles. The van der Waals surface area contributed by atoms with Crippen molar-refractivity contribution < 1.29 is 19.1 Å². The molecule has 1 heterocycles. The Morgan fingerprint density at radius 1 is 1.18 bits per heavy atom. The van der Waals surface area contributed by atoms with Crippen LogP contribution < -0.4 is 15.4 Å². The van der Waals surface area contributed by atoms with E-state index >= 15 is 0 Å². The summed E-state index contributed by atoms with van der Waals surface area (Å²) < 4.78 is 10.6. The average Bonchev–Trinajstić information content (AvgIpc) is 3.20. The molecule has 0 spiro atoms. The molecule has 0 bridgehead atoms. The van der Waals surface area contributed by atoms with Gasteiger partial charge in [-0.25, -0.2) is 0 Å². The maximum Gasteiger partial charge on any atom is 0.255 e. The molecule has 1 saturated heterocycles. The molecule has 0 aliphatic carbocycles. The maximum absolute atomic E-state index is 12.6. The number of methoxy groups -OCH3 is 1. The maximum atomic E-state index is 12.6. The third kappa shape index (κ3) is 4.76. The number of carbonyl (C=O) groups is 2. The van der Waals surface area contributed by atoms with Gasteiger partial charge in [-0.1, -0.05) is 35.3 Å². The number of amides is 2. The summed E-state index contributed by atoms with van der Waals surface area (Å²) in [6.07, 6.45) is 1.96. The number of benzene rings is 2. The van der Waals surface area contributed by atoms with Gasteiger partial charge in [0.05, 0.1) is 34.5 Å². The SMILES string of the molecule is COc1c(Cl)cc(C(=O)Nc2ccccc2C(=O)NC[C@@H]2CCCO2)cc1Cl. The molecule has 1 atom stereocenters. The molecular weight excluding hydrogens is 403 g/mol. The Kier molecular flexibility index (Phi) is 6.78. The molecule has 0 aromatic heterocycles. The van der Waals surface area contributed by atoms with Crippen LogP contribution in [0.2, 0.25) is 10.0 Å². The van der Waals surface area contributed by atoms with Crippen molar-refractivity contribution in [1.82, 2.24) is 5.32 Å². The predicted octanol–water partition coefficient (Wildman–Crippen LogP) is 4.16. The minimum atomic E-state index is -0.439. The van der Waals surface area contributed by atoms with Gasteiger partial charge in [0.1, 0.15) is 0 Å². The lowest BCUT2D eigenvalue weighted by Gasteiger charge is -2.14. The Labute approximate surface area is 173 Å². The van der Waals surface area contributed by atoms with Crippen LogP contribution in [0, 0.1) is 0 Å². The summed E-state index contributed by atoms with van der Waals surface area (Å²) in [5.74, 6) is -0.420. The van der Waals surface area contributed by atoms with Crippen molar-refractivity contribution in [3.63, 3.8) is 0 Å². The summed E-state index contributed by atoms with van der Waals surface area (Å²) in [6.45, 7) is 1.16. The second-order valence-electron chi connectivity index (χ2n) is 6.32. The highest BCUT2D eigenvalue weighted by Crippen LogP contribution is 2.34. The second kappa shape index (κ2) is 9.28. The molecule has 6 nitrogen and oxygen atoms in total. The van der Waals surface area contributed by atoms with Crippen LogP contribution in [0.3, 0.4) is 0 Å². The zero-order chi connectivity index (χ0) is 20.1. The zero-order valence-corrected chi connectivity index (χ0v) is 16.8. The fourth-order valence-electron chi connectivity index (χ4n) is 2.98. The molecular formula is C20H20Cl2N2O4. The number of ether oxygens (including phenoxy) is 2. The number of nitrogens with one attached hydrogen (secondary N) is 2. The van der Waals surface area contributed by atoms with E-state index in [1.807, 2.05) is 0 Å². The molecule has 1 aliphatic heterocycles. The van der Waals surface area contributed by atoms with Gasteiger partial charge in [-0.2, -0.15) is 0 Å². The smallest absolute Gasteiger partial charge is 0.255 e. The van der Waals surface area contributed by atoms with Crippen molar-refractivity contribution in [1.29, 1.82) is 0 Å². The van der Waals surface area contributed by atoms with Gasteiger partial charge in [0, 0.05) is 18.7 Å². The Hall–Kier alpha value is -2.28. The van der Waals surface area contributed by atoms with Gasteiger partial charge in [-0.05, 0) is 37.1 Å². The average molecular weight is 423 g/mol. The molecule has 28 heavy (non-hydrogen) atoms.